The van der Waals surface area contributed by atoms with Crippen LogP contribution in [0.1, 0.15) is 0 Å². The first-order chi connectivity index (χ1) is 7.79. The number of ether oxygens (including phenoxy) is 1. The highest BCUT2D eigenvalue weighted by atomic mass is 35.5. The van der Waals surface area contributed by atoms with Gasteiger partial charge in [-0.15, -0.1) is 10.2 Å². The van der Waals surface area contributed by atoms with Gasteiger partial charge in [0.2, 0.25) is 0 Å². The van der Waals surface area contributed by atoms with Crippen LogP contribution < -0.4 is 10.2 Å². The molecule has 1 atom stereocenters. The van der Waals surface area contributed by atoms with Gasteiger partial charge in [-0.25, -0.2) is 0 Å². The molecule has 6 heteroatoms. The molecule has 1 aromatic rings. The second-order valence-electron chi connectivity index (χ2n) is 3.71. The summed E-state index contributed by atoms with van der Waals surface area (Å²) in [6, 6.07) is 3.64. The maximum atomic E-state index is 5.70. The van der Waals surface area contributed by atoms with E-state index in [2.05, 4.69) is 20.4 Å². The van der Waals surface area contributed by atoms with Crippen LogP contribution in [-0.2, 0) is 4.74 Å². The lowest BCUT2D eigenvalue weighted by Gasteiger charge is -2.33. The van der Waals surface area contributed by atoms with Crippen molar-refractivity contribution in [3.05, 3.63) is 17.3 Å². The predicted molar refractivity (Wildman–Crippen MR) is 62.9 cm³/mol. The van der Waals surface area contributed by atoms with Gasteiger partial charge < -0.3 is 15.0 Å². The monoisotopic (exact) mass is 242 g/mol. The summed E-state index contributed by atoms with van der Waals surface area (Å²) < 4.78 is 5.62. The van der Waals surface area contributed by atoms with E-state index in [0.29, 0.717) is 5.15 Å². The third-order valence-electron chi connectivity index (χ3n) is 2.51. The number of anilines is 1. The summed E-state index contributed by atoms with van der Waals surface area (Å²) in [4.78, 5) is 2.16. The van der Waals surface area contributed by atoms with E-state index in [0.717, 1.165) is 32.1 Å². The van der Waals surface area contributed by atoms with Gasteiger partial charge in [0, 0.05) is 19.6 Å². The van der Waals surface area contributed by atoms with E-state index in [-0.39, 0.29) is 6.10 Å². The van der Waals surface area contributed by atoms with E-state index < -0.39 is 0 Å². The topological polar surface area (TPSA) is 50.3 Å². The SMILES string of the molecule is CNCC1CN(c2ccc(Cl)nn2)CCO1. The smallest absolute Gasteiger partial charge is 0.151 e. The molecule has 1 N–H and O–H groups in total. The summed E-state index contributed by atoms with van der Waals surface area (Å²) in [5.74, 6) is 0.855. The van der Waals surface area contributed by atoms with Crippen LogP contribution in [0.25, 0.3) is 0 Å². The quantitative estimate of drug-likeness (QED) is 0.839. The van der Waals surface area contributed by atoms with Crippen molar-refractivity contribution in [2.45, 2.75) is 6.10 Å². The van der Waals surface area contributed by atoms with E-state index in [9.17, 15) is 0 Å². The van der Waals surface area contributed by atoms with Gasteiger partial charge in [-0.2, -0.15) is 0 Å². The molecule has 5 nitrogen and oxygen atoms in total. The number of nitrogens with zero attached hydrogens (tertiary/aromatic N) is 3. The lowest BCUT2D eigenvalue weighted by molar-refractivity contribution is 0.0418. The number of halogens is 1. The number of morpholine rings is 1. The highest BCUT2D eigenvalue weighted by Gasteiger charge is 2.20. The van der Waals surface area contributed by atoms with E-state index in [1.807, 2.05) is 13.1 Å². The lowest BCUT2D eigenvalue weighted by atomic mass is 10.2. The van der Waals surface area contributed by atoms with Gasteiger partial charge in [0.15, 0.2) is 11.0 Å². The molecule has 1 aromatic heterocycles. The lowest BCUT2D eigenvalue weighted by Crippen LogP contribution is -2.46. The summed E-state index contributed by atoms with van der Waals surface area (Å²) in [6.07, 6.45) is 0.205. The Bertz CT molecular complexity index is 330. The van der Waals surface area contributed by atoms with Crippen molar-refractivity contribution in [3.63, 3.8) is 0 Å². The maximum absolute atomic E-state index is 5.70. The number of hydrogen-bond donors (Lipinski definition) is 1. The summed E-state index contributed by atoms with van der Waals surface area (Å²) >= 11 is 5.70. The first kappa shape index (κ1) is 11.6. The highest BCUT2D eigenvalue weighted by molar-refractivity contribution is 6.29. The zero-order chi connectivity index (χ0) is 11.4. The maximum Gasteiger partial charge on any atom is 0.151 e. The van der Waals surface area contributed by atoms with Crippen molar-refractivity contribution in [3.8, 4) is 0 Å². The molecule has 2 heterocycles. The molecule has 0 amide bonds. The van der Waals surface area contributed by atoms with Crippen molar-refractivity contribution >= 4 is 17.4 Å². The number of hydrogen-bond acceptors (Lipinski definition) is 5. The van der Waals surface area contributed by atoms with Crippen LogP contribution in [0.3, 0.4) is 0 Å². The van der Waals surface area contributed by atoms with Crippen LogP contribution in [0.4, 0.5) is 5.82 Å². The molecule has 2 rings (SSSR count). The van der Waals surface area contributed by atoms with Gasteiger partial charge in [-0.3, -0.25) is 0 Å². The van der Waals surface area contributed by atoms with E-state index in [4.69, 9.17) is 16.3 Å². The second-order valence-corrected chi connectivity index (χ2v) is 4.10. The van der Waals surface area contributed by atoms with Crippen LogP contribution in [0.2, 0.25) is 5.15 Å². The summed E-state index contributed by atoms with van der Waals surface area (Å²) in [6.45, 7) is 3.24. The Morgan fingerprint density at radius 3 is 3.12 bits per heavy atom. The molecule has 1 unspecified atom stereocenters. The molecule has 0 bridgehead atoms. The third-order valence-corrected chi connectivity index (χ3v) is 2.71. The summed E-state index contributed by atoms with van der Waals surface area (Å²) in [7, 11) is 1.92. The molecule has 16 heavy (non-hydrogen) atoms. The molecule has 1 aliphatic rings. The molecule has 1 fully saturated rings. The van der Waals surface area contributed by atoms with Gasteiger partial charge in [0.05, 0.1) is 12.7 Å². The summed E-state index contributed by atoms with van der Waals surface area (Å²) in [5.41, 5.74) is 0. The fourth-order valence-corrected chi connectivity index (χ4v) is 1.86. The number of likely N-dealkylation sites (N-methyl/N-ethyl adjacent to an activating group) is 1. The van der Waals surface area contributed by atoms with Crippen molar-refractivity contribution < 1.29 is 4.74 Å². The Kier molecular flexibility index (Phi) is 3.93. The van der Waals surface area contributed by atoms with Crippen molar-refractivity contribution in [1.29, 1.82) is 0 Å². The molecule has 0 aromatic carbocycles. The van der Waals surface area contributed by atoms with Crippen LogP contribution in [0.15, 0.2) is 12.1 Å². The second kappa shape index (κ2) is 5.43. The molecular formula is C10H15ClN4O. The first-order valence-electron chi connectivity index (χ1n) is 5.30. The minimum Gasteiger partial charge on any atom is -0.373 e. The van der Waals surface area contributed by atoms with Gasteiger partial charge in [-0.05, 0) is 19.2 Å². The normalized spacial score (nSPS) is 21.1. The van der Waals surface area contributed by atoms with Gasteiger partial charge >= 0.3 is 0 Å². The summed E-state index contributed by atoms with van der Waals surface area (Å²) in [5, 5.41) is 11.4. The van der Waals surface area contributed by atoms with E-state index >= 15 is 0 Å². The van der Waals surface area contributed by atoms with Crippen molar-refractivity contribution in [2.24, 2.45) is 0 Å². The molecule has 1 saturated heterocycles. The highest BCUT2D eigenvalue weighted by Crippen LogP contribution is 2.15. The van der Waals surface area contributed by atoms with Crippen LogP contribution in [0.5, 0.6) is 0 Å². The Labute approximate surface area is 99.7 Å². The Balaban J connectivity index is 2.01. The van der Waals surface area contributed by atoms with Crippen LogP contribution in [0, 0.1) is 0 Å². The molecule has 0 radical (unpaired) electrons. The van der Waals surface area contributed by atoms with Gasteiger partial charge in [0.1, 0.15) is 0 Å². The van der Waals surface area contributed by atoms with E-state index in [1.54, 1.807) is 6.07 Å². The molecule has 0 aliphatic carbocycles. The number of rotatable bonds is 3. The molecule has 0 saturated carbocycles. The average molecular weight is 243 g/mol. The minimum atomic E-state index is 0.205. The van der Waals surface area contributed by atoms with Crippen LogP contribution >= 0.6 is 11.6 Å². The fourth-order valence-electron chi connectivity index (χ4n) is 1.76. The molecular weight excluding hydrogens is 228 g/mol. The van der Waals surface area contributed by atoms with Crippen LogP contribution in [-0.4, -0.2) is 49.6 Å². The molecule has 0 spiro atoms. The molecule has 88 valence electrons. The van der Waals surface area contributed by atoms with Gasteiger partial charge in [0.25, 0.3) is 0 Å². The zero-order valence-corrected chi connectivity index (χ0v) is 9.94. The molecule has 1 aliphatic heterocycles. The zero-order valence-electron chi connectivity index (χ0n) is 9.19. The number of nitrogens with one attached hydrogen (secondary N) is 1. The van der Waals surface area contributed by atoms with E-state index in [1.165, 1.54) is 0 Å². The fraction of sp³-hybridized carbons (Fsp3) is 0.600. The third kappa shape index (κ3) is 2.81. The number of aromatic nitrogens is 2. The Morgan fingerprint density at radius 2 is 2.44 bits per heavy atom. The van der Waals surface area contributed by atoms with Crippen molar-refractivity contribution in [2.75, 3.05) is 38.2 Å². The first-order valence-corrected chi connectivity index (χ1v) is 5.68. The largest absolute Gasteiger partial charge is 0.373 e. The van der Waals surface area contributed by atoms with Crippen molar-refractivity contribution in [1.82, 2.24) is 15.5 Å². The standard InChI is InChI=1S/C10H15ClN4O/c1-12-6-8-7-15(4-5-16-8)10-3-2-9(11)13-14-10/h2-3,8,12H,4-7H2,1H3. The average Bonchev–Trinajstić information content (AvgIpc) is 2.31. The Hall–Kier alpha value is -0.910. The Morgan fingerprint density at radius 1 is 1.56 bits per heavy atom. The minimum absolute atomic E-state index is 0.205. The van der Waals surface area contributed by atoms with Gasteiger partial charge in [-0.1, -0.05) is 11.6 Å². The predicted octanol–water partition coefficient (Wildman–Crippen LogP) is 0.555.